The Morgan fingerprint density at radius 3 is 2.61 bits per heavy atom. The van der Waals surface area contributed by atoms with Gasteiger partial charge in [-0.05, 0) is 30.2 Å². The number of benzene rings is 2. The second kappa shape index (κ2) is 13.1. The minimum atomic E-state index is -0.0423. The highest BCUT2D eigenvalue weighted by atomic mass is 79.9. The Kier molecular flexibility index (Phi) is 10.4. The number of carbonyl (C=O) groups is 1. The average Bonchev–Trinajstić information content (AvgIpc) is 2.71. The number of unbranched alkanes of at least 4 members (excludes halogenated alkanes) is 5. The Bertz CT molecular complexity index is 748. The van der Waals surface area contributed by atoms with Crippen molar-refractivity contribution in [3.05, 3.63) is 64.1 Å². The number of ether oxygens (including phenoxy) is 1. The van der Waals surface area contributed by atoms with Crippen LogP contribution in [-0.2, 0) is 11.4 Å². The third kappa shape index (κ3) is 8.70. The molecule has 2 aromatic rings. The van der Waals surface area contributed by atoms with E-state index in [-0.39, 0.29) is 5.91 Å². The summed E-state index contributed by atoms with van der Waals surface area (Å²) in [4.78, 5) is 11.9. The first-order valence-corrected chi connectivity index (χ1v) is 10.8. The van der Waals surface area contributed by atoms with E-state index in [1.54, 1.807) is 6.21 Å². The number of hydrogen-bond acceptors (Lipinski definition) is 3. The normalized spacial score (nSPS) is 10.9. The number of hydrogen-bond donors (Lipinski definition) is 1. The van der Waals surface area contributed by atoms with E-state index in [1.807, 2.05) is 48.5 Å². The first-order chi connectivity index (χ1) is 13.7. The smallest absolute Gasteiger partial charge is 0.240 e. The fourth-order valence-corrected chi connectivity index (χ4v) is 3.10. The molecule has 0 radical (unpaired) electrons. The third-order valence-electron chi connectivity index (χ3n) is 4.37. The number of carbonyl (C=O) groups excluding carboxylic acids is 1. The van der Waals surface area contributed by atoms with E-state index in [4.69, 9.17) is 4.74 Å². The van der Waals surface area contributed by atoms with Crippen LogP contribution in [-0.4, -0.2) is 12.1 Å². The largest absolute Gasteiger partial charge is 0.489 e. The van der Waals surface area contributed by atoms with Gasteiger partial charge in [0.2, 0.25) is 5.91 Å². The Balaban J connectivity index is 1.76. The molecule has 28 heavy (non-hydrogen) atoms. The van der Waals surface area contributed by atoms with Gasteiger partial charge in [0, 0.05) is 16.5 Å². The highest BCUT2D eigenvalue weighted by Crippen LogP contribution is 2.22. The summed E-state index contributed by atoms with van der Waals surface area (Å²) >= 11 is 3.51. The van der Waals surface area contributed by atoms with Crippen molar-refractivity contribution in [2.75, 3.05) is 0 Å². The lowest BCUT2D eigenvalue weighted by atomic mass is 10.1. The van der Waals surface area contributed by atoms with Crippen LogP contribution in [0.25, 0.3) is 0 Å². The second-order valence-electron chi connectivity index (χ2n) is 6.77. The zero-order valence-electron chi connectivity index (χ0n) is 16.5. The Morgan fingerprint density at radius 1 is 1.07 bits per heavy atom. The molecule has 1 amide bonds. The van der Waals surface area contributed by atoms with Crippen LogP contribution in [0.15, 0.2) is 58.1 Å². The molecule has 0 spiro atoms. The molecule has 2 rings (SSSR count). The molecule has 0 saturated heterocycles. The Morgan fingerprint density at radius 2 is 1.82 bits per heavy atom. The summed E-state index contributed by atoms with van der Waals surface area (Å²) in [5, 5.41) is 4.08. The minimum Gasteiger partial charge on any atom is -0.489 e. The zero-order valence-corrected chi connectivity index (χ0v) is 18.1. The first-order valence-electron chi connectivity index (χ1n) is 9.97. The van der Waals surface area contributed by atoms with Crippen LogP contribution in [0.4, 0.5) is 0 Å². The molecule has 2 aromatic carbocycles. The summed E-state index contributed by atoms with van der Waals surface area (Å²) in [6.45, 7) is 2.71. The maximum Gasteiger partial charge on any atom is 0.240 e. The molecule has 5 heteroatoms. The van der Waals surface area contributed by atoms with Gasteiger partial charge in [0.15, 0.2) is 0 Å². The van der Waals surface area contributed by atoms with Gasteiger partial charge >= 0.3 is 0 Å². The van der Waals surface area contributed by atoms with E-state index in [2.05, 4.69) is 33.4 Å². The number of hydrazone groups is 1. The van der Waals surface area contributed by atoms with E-state index in [0.717, 1.165) is 34.2 Å². The van der Waals surface area contributed by atoms with Gasteiger partial charge in [-0.25, -0.2) is 5.43 Å². The molecule has 1 N–H and O–H groups in total. The summed E-state index contributed by atoms with van der Waals surface area (Å²) in [5.74, 6) is 0.714. The Labute approximate surface area is 176 Å². The Hall–Kier alpha value is -2.14. The van der Waals surface area contributed by atoms with Crippen molar-refractivity contribution in [2.45, 2.75) is 58.5 Å². The lowest BCUT2D eigenvalue weighted by Gasteiger charge is -2.08. The van der Waals surface area contributed by atoms with Crippen LogP contribution in [0, 0.1) is 0 Å². The first kappa shape index (κ1) is 22.2. The molecule has 0 aliphatic rings. The van der Waals surface area contributed by atoms with Crippen molar-refractivity contribution in [1.29, 1.82) is 0 Å². The quantitative estimate of drug-likeness (QED) is 0.239. The van der Waals surface area contributed by atoms with Gasteiger partial charge in [-0.2, -0.15) is 5.10 Å². The summed E-state index contributed by atoms with van der Waals surface area (Å²) < 4.78 is 6.74. The maximum absolute atomic E-state index is 11.9. The van der Waals surface area contributed by atoms with Gasteiger partial charge in [-0.1, -0.05) is 85.3 Å². The average molecular weight is 445 g/mol. The fraction of sp³-hybridized carbons (Fsp3) is 0.391. The monoisotopic (exact) mass is 444 g/mol. The molecule has 150 valence electrons. The molecule has 0 bridgehead atoms. The van der Waals surface area contributed by atoms with Crippen molar-refractivity contribution >= 4 is 28.1 Å². The van der Waals surface area contributed by atoms with Crippen molar-refractivity contribution in [1.82, 2.24) is 5.43 Å². The fourth-order valence-electron chi connectivity index (χ4n) is 2.75. The van der Waals surface area contributed by atoms with Gasteiger partial charge in [0.1, 0.15) is 12.4 Å². The summed E-state index contributed by atoms with van der Waals surface area (Å²) in [6, 6.07) is 15.7. The number of rotatable bonds is 12. The molecule has 0 atom stereocenters. The molecule has 0 aliphatic heterocycles. The molecule has 0 heterocycles. The lowest BCUT2D eigenvalue weighted by molar-refractivity contribution is -0.121. The third-order valence-corrected chi connectivity index (χ3v) is 5.09. The van der Waals surface area contributed by atoms with E-state index in [9.17, 15) is 4.79 Å². The molecule has 0 aromatic heterocycles. The predicted octanol–water partition coefficient (Wildman–Crippen LogP) is 6.23. The van der Waals surface area contributed by atoms with Crippen molar-refractivity contribution in [3.63, 3.8) is 0 Å². The lowest BCUT2D eigenvalue weighted by Crippen LogP contribution is -2.16. The second-order valence-corrected chi connectivity index (χ2v) is 7.62. The van der Waals surface area contributed by atoms with E-state index < -0.39 is 0 Å². The molecular weight excluding hydrogens is 416 g/mol. The number of amides is 1. The van der Waals surface area contributed by atoms with Gasteiger partial charge in [-0.15, -0.1) is 0 Å². The van der Waals surface area contributed by atoms with Gasteiger partial charge < -0.3 is 4.74 Å². The van der Waals surface area contributed by atoms with Crippen LogP contribution in [0.5, 0.6) is 5.75 Å². The highest BCUT2D eigenvalue weighted by molar-refractivity contribution is 9.10. The molecule has 0 saturated carbocycles. The summed E-state index contributed by atoms with van der Waals surface area (Å²) in [5.41, 5.74) is 4.57. The van der Waals surface area contributed by atoms with Crippen LogP contribution in [0.3, 0.4) is 0 Å². The van der Waals surface area contributed by atoms with Crippen LogP contribution >= 0.6 is 15.9 Å². The topological polar surface area (TPSA) is 50.7 Å². The maximum atomic E-state index is 11.9. The molecule has 0 unspecified atom stereocenters. The number of nitrogens with one attached hydrogen (secondary N) is 1. The van der Waals surface area contributed by atoms with E-state index in [0.29, 0.717) is 13.0 Å². The molecule has 4 nitrogen and oxygen atoms in total. The number of nitrogens with zero attached hydrogens (tertiary/aromatic N) is 1. The van der Waals surface area contributed by atoms with Gasteiger partial charge in [0.25, 0.3) is 0 Å². The zero-order chi connectivity index (χ0) is 20.0. The molecular formula is C23H29BrN2O2. The highest BCUT2D eigenvalue weighted by Gasteiger charge is 2.03. The molecule has 0 aliphatic carbocycles. The van der Waals surface area contributed by atoms with Crippen LogP contribution < -0.4 is 10.2 Å². The minimum absolute atomic E-state index is 0.0423. The van der Waals surface area contributed by atoms with Crippen molar-refractivity contribution in [3.8, 4) is 5.75 Å². The predicted molar refractivity (Wildman–Crippen MR) is 119 cm³/mol. The van der Waals surface area contributed by atoms with Crippen molar-refractivity contribution < 1.29 is 9.53 Å². The summed E-state index contributed by atoms with van der Waals surface area (Å²) in [7, 11) is 0. The molecule has 0 fully saturated rings. The SMILES string of the molecule is CCCCCCCCC(=O)N/N=C\c1cc(OCc2ccccc2)ccc1Br. The number of halogens is 1. The standard InChI is InChI=1S/C23H29BrN2O2/c1-2-3-4-5-6-10-13-23(27)26-25-17-20-16-21(14-15-22(20)24)28-18-19-11-8-7-9-12-19/h7-9,11-12,14-17H,2-6,10,13,18H2,1H3,(H,26,27)/b25-17-. The van der Waals surface area contributed by atoms with Crippen molar-refractivity contribution in [2.24, 2.45) is 5.10 Å². The van der Waals surface area contributed by atoms with Crippen LogP contribution in [0.1, 0.15) is 63.0 Å². The van der Waals surface area contributed by atoms with E-state index >= 15 is 0 Å². The van der Waals surface area contributed by atoms with Crippen LogP contribution in [0.2, 0.25) is 0 Å². The van der Waals surface area contributed by atoms with Gasteiger partial charge in [-0.3, -0.25) is 4.79 Å². The van der Waals surface area contributed by atoms with Gasteiger partial charge in [0.05, 0.1) is 6.21 Å². The van der Waals surface area contributed by atoms with E-state index in [1.165, 1.54) is 25.7 Å². The summed E-state index contributed by atoms with van der Waals surface area (Å²) in [6.07, 6.45) is 9.15.